The molecule has 2 aromatic heterocycles. The summed E-state index contributed by atoms with van der Waals surface area (Å²) < 4.78 is 34.7. The van der Waals surface area contributed by atoms with Crippen LogP contribution in [0.5, 0.6) is 0 Å². The van der Waals surface area contributed by atoms with Gasteiger partial charge in [0.25, 0.3) is 0 Å². The van der Waals surface area contributed by atoms with Crippen molar-refractivity contribution < 1.29 is 17.6 Å². The highest BCUT2D eigenvalue weighted by atomic mass is 32.2. The van der Waals surface area contributed by atoms with Crippen LogP contribution < -0.4 is 5.32 Å². The Balaban J connectivity index is 1.77. The van der Waals surface area contributed by atoms with Gasteiger partial charge in [-0.2, -0.15) is 4.31 Å². The monoisotopic (exact) mass is 491 g/mol. The second kappa shape index (κ2) is 10.5. The fourth-order valence-corrected chi connectivity index (χ4v) is 5.98. The summed E-state index contributed by atoms with van der Waals surface area (Å²) in [6.45, 7) is 10.4. The molecule has 3 rings (SSSR count). The molecule has 178 valence electrons. The lowest BCUT2D eigenvalue weighted by Gasteiger charge is -2.20. The smallest absolute Gasteiger partial charge is 0.243 e. The summed E-state index contributed by atoms with van der Waals surface area (Å²) in [6, 6.07) is 8.51. The first-order valence-electron chi connectivity index (χ1n) is 10.8. The van der Waals surface area contributed by atoms with Crippen LogP contribution in [0.2, 0.25) is 0 Å². The van der Waals surface area contributed by atoms with E-state index < -0.39 is 15.3 Å². The Kier molecular flexibility index (Phi) is 7.98. The molecule has 9 nitrogen and oxygen atoms in total. The van der Waals surface area contributed by atoms with Crippen LogP contribution in [-0.2, 0) is 21.4 Å². The molecule has 2 heterocycles. The highest BCUT2D eigenvalue weighted by Crippen LogP contribution is 2.28. The first-order valence-corrected chi connectivity index (χ1v) is 13.1. The number of anilines is 1. The van der Waals surface area contributed by atoms with Crippen molar-refractivity contribution in [1.82, 2.24) is 19.1 Å². The van der Waals surface area contributed by atoms with Crippen molar-refractivity contribution in [2.45, 2.75) is 56.5 Å². The van der Waals surface area contributed by atoms with Crippen LogP contribution in [0, 0.1) is 6.92 Å². The van der Waals surface area contributed by atoms with E-state index in [-0.39, 0.29) is 10.8 Å². The fraction of sp³-hybridized carbons (Fsp3) is 0.409. The standard InChI is InChI=1S/C22H29N5O4S2/c1-6-26(7-2)33(29,30)19-14-17(12-11-15(19)4)23-21(28)16(5)32-22-25-24-20(27(22)8-3)18-10-9-13-31-18/h9-14,16H,6-8H2,1-5H3,(H,23,28). The quantitative estimate of drug-likeness (QED) is 0.427. The van der Waals surface area contributed by atoms with Crippen LogP contribution in [0.3, 0.4) is 0 Å². The largest absolute Gasteiger partial charge is 0.461 e. The Hall–Kier alpha value is -2.63. The summed E-state index contributed by atoms with van der Waals surface area (Å²) >= 11 is 1.27. The van der Waals surface area contributed by atoms with E-state index in [4.69, 9.17) is 4.42 Å². The third kappa shape index (κ3) is 5.31. The number of furan rings is 1. The number of carbonyl (C=O) groups is 1. The van der Waals surface area contributed by atoms with Gasteiger partial charge in [0.1, 0.15) is 0 Å². The number of amides is 1. The summed E-state index contributed by atoms with van der Waals surface area (Å²) in [5.74, 6) is 0.942. The summed E-state index contributed by atoms with van der Waals surface area (Å²) in [7, 11) is -3.64. The summed E-state index contributed by atoms with van der Waals surface area (Å²) in [5, 5.41) is 11.4. The number of sulfonamides is 1. The lowest BCUT2D eigenvalue weighted by molar-refractivity contribution is -0.115. The van der Waals surface area contributed by atoms with Crippen LogP contribution in [0.25, 0.3) is 11.6 Å². The number of hydrogen-bond donors (Lipinski definition) is 1. The molecule has 0 spiro atoms. The lowest BCUT2D eigenvalue weighted by Crippen LogP contribution is -2.31. The molecule has 0 aliphatic rings. The molecule has 3 aromatic rings. The highest BCUT2D eigenvalue weighted by Gasteiger charge is 2.25. The third-order valence-corrected chi connectivity index (χ3v) is 8.48. The van der Waals surface area contributed by atoms with Crippen molar-refractivity contribution in [1.29, 1.82) is 0 Å². The topological polar surface area (TPSA) is 110 Å². The molecule has 11 heteroatoms. The molecule has 0 aliphatic heterocycles. The van der Waals surface area contributed by atoms with E-state index in [1.165, 1.54) is 22.1 Å². The van der Waals surface area contributed by atoms with E-state index in [1.54, 1.807) is 52.2 Å². The van der Waals surface area contributed by atoms with Gasteiger partial charge in [-0.1, -0.05) is 31.7 Å². The van der Waals surface area contributed by atoms with Crippen LogP contribution in [0.1, 0.15) is 33.3 Å². The lowest BCUT2D eigenvalue weighted by atomic mass is 10.2. The summed E-state index contributed by atoms with van der Waals surface area (Å²) in [6.07, 6.45) is 1.57. The minimum Gasteiger partial charge on any atom is -0.461 e. The predicted octanol–water partition coefficient (Wildman–Crippen LogP) is 4.02. The first-order chi connectivity index (χ1) is 15.7. The third-order valence-electron chi connectivity index (χ3n) is 5.20. The van der Waals surface area contributed by atoms with Crippen LogP contribution in [0.15, 0.2) is 51.1 Å². The molecule has 1 N–H and O–H groups in total. The van der Waals surface area contributed by atoms with Crippen LogP contribution in [-0.4, -0.2) is 51.7 Å². The Morgan fingerprint density at radius 1 is 1.21 bits per heavy atom. The highest BCUT2D eigenvalue weighted by molar-refractivity contribution is 8.00. The molecule has 0 radical (unpaired) electrons. The summed E-state index contributed by atoms with van der Waals surface area (Å²) in [5.41, 5.74) is 1.06. The molecule has 0 aliphatic carbocycles. The molecule has 0 fully saturated rings. The molecule has 33 heavy (non-hydrogen) atoms. The second-order valence-corrected chi connectivity index (χ2v) is 10.6. The van der Waals surface area contributed by atoms with Gasteiger partial charge in [0.15, 0.2) is 16.7 Å². The van der Waals surface area contributed by atoms with E-state index in [2.05, 4.69) is 15.5 Å². The van der Waals surface area contributed by atoms with Crippen molar-refractivity contribution in [3.8, 4) is 11.6 Å². The van der Waals surface area contributed by atoms with Crippen molar-refractivity contribution in [3.05, 3.63) is 42.2 Å². The SMILES string of the molecule is CCN(CC)S(=O)(=O)c1cc(NC(=O)C(C)Sc2nnc(-c3ccco3)n2CC)ccc1C. The van der Waals surface area contributed by atoms with Gasteiger partial charge in [0.2, 0.25) is 15.9 Å². The van der Waals surface area contributed by atoms with Crippen LogP contribution >= 0.6 is 11.8 Å². The van der Waals surface area contributed by atoms with Gasteiger partial charge in [-0.05, 0) is 50.6 Å². The molecule has 1 atom stereocenters. The number of benzene rings is 1. The van der Waals surface area contributed by atoms with E-state index in [0.29, 0.717) is 47.6 Å². The zero-order valence-electron chi connectivity index (χ0n) is 19.4. The molecule has 1 amide bonds. The summed E-state index contributed by atoms with van der Waals surface area (Å²) in [4.78, 5) is 13.1. The van der Waals surface area contributed by atoms with E-state index in [9.17, 15) is 13.2 Å². The second-order valence-electron chi connectivity index (χ2n) is 7.35. The van der Waals surface area contributed by atoms with Gasteiger partial charge in [-0.25, -0.2) is 8.42 Å². The van der Waals surface area contributed by atoms with E-state index in [0.717, 1.165) is 0 Å². The van der Waals surface area contributed by atoms with Crippen molar-refractivity contribution >= 4 is 33.4 Å². The van der Waals surface area contributed by atoms with Gasteiger partial charge in [-0.15, -0.1) is 10.2 Å². The maximum atomic E-state index is 13.0. The average molecular weight is 492 g/mol. The molecule has 0 saturated carbocycles. The normalized spacial score (nSPS) is 12.8. The Morgan fingerprint density at radius 2 is 1.94 bits per heavy atom. The minimum atomic E-state index is -3.64. The maximum absolute atomic E-state index is 13.0. The zero-order chi connectivity index (χ0) is 24.2. The molecular formula is C22H29N5O4S2. The molecule has 0 saturated heterocycles. The van der Waals surface area contributed by atoms with E-state index in [1.807, 2.05) is 17.6 Å². The Morgan fingerprint density at radius 3 is 2.55 bits per heavy atom. The fourth-order valence-electron chi connectivity index (χ4n) is 3.36. The Bertz CT molecular complexity index is 1200. The van der Waals surface area contributed by atoms with Gasteiger partial charge in [0, 0.05) is 25.3 Å². The maximum Gasteiger partial charge on any atom is 0.243 e. The van der Waals surface area contributed by atoms with Crippen molar-refractivity contribution in [3.63, 3.8) is 0 Å². The average Bonchev–Trinajstić information content (AvgIpc) is 3.45. The number of aromatic nitrogens is 3. The van der Waals surface area contributed by atoms with E-state index >= 15 is 0 Å². The van der Waals surface area contributed by atoms with Gasteiger partial charge in [-0.3, -0.25) is 9.36 Å². The number of hydrogen-bond acceptors (Lipinski definition) is 7. The number of nitrogens with zero attached hydrogens (tertiary/aromatic N) is 4. The zero-order valence-corrected chi connectivity index (χ0v) is 21.0. The number of aryl methyl sites for hydroxylation is 1. The van der Waals surface area contributed by atoms with Crippen molar-refractivity contribution in [2.24, 2.45) is 0 Å². The number of nitrogens with one attached hydrogen (secondary N) is 1. The molecule has 0 bridgehead atoms. The van der Waals surface area contributed by atoms with Gasteiger partial charge >= 0.3 is 0 Å². The molecule has 1 aromatic carbocycles. The molecule has 1 unspecified atom stereocenters. The van der Waals surface area contributed by atoms with Crippen molar-refractivity contribution in [2.75, 3.05) is 18.4 Å². The minimum absolute atomic E-state index is 0.193. The van der Waals surface area contributed by atoms with Gasteiger partial charge in [0.05, 0.1) is 16.4 Å². The Labute approximate surface area is 198 Å². The first kappa shape index (κ1) is 25.0. The number of carbonyl (C=O) groups excluding carboxylic acids is 1. The number of rotatable bonds is 10. The predicted molar refractivity (Wildman–Crippen MR) is 129 cm³/mol. The number of thioether (sulfide) groups is 1. The molecular weight excluding hydrogens is 462 g/mol. The van der Waals surface area contributed by atoms with Gasteiger partial charge < -0.3 is 9.73 Å². The van der Waals surface area contributed by atoms with Crippen LogP contribution in [0.4, 0.5) is 5.69 Å².